The zero-order chi connectivity index (χ0) is 7.33. The fourth-order valence-corrected chi connectivity index (χ4v) is 0.824. The molecule has 2 nitrogen and oxygen atoms in total. The van der Waals surface area contributed by atoms with Crippen LogP contribution in [0.5, 0.6) is 0 Å². The van der Waals surface area contributed by atoms with Crippen molar-refractivity contribution >= 4 is 0 Å². The molecular formula is C6H13O2Ti. The quantitative estimate of drug-likeness (QED) is 0.594. The summed E-state index contributed by atoms with van der Waals surface area (Å²) in [5, 5.41) is 17.2. The minimum atomic E-state index is -0.0112. The van der Waals surface area contributed by atoms with E-state index in [-0.39, 0.29) is 16.9 Å². The van der Waals surface area contributed by atoms with E-state index in [1.165, 1.54) is 0 Å². The average molecular weight is 165 g/mol. The van der Waals surface area contributed by atoms with Gasteiger partial charge in [0.25, 0.3) is 0 Å². The predicted molar refractivity (Wildman–Crippen MR) is 31.8 cm³/mol. The normalized spacial score (nSPS) is 17.1. The van der Waals surface area contributed by atoms with Crippen molar-refractivity contribution in [2.75, 3.05) is 13.2 Å². The van der Waals surface area contributed by atoms with Crippen molar-refractivity contribution in [3.8, 4) is 0 Å². The molecule has 0 fully saturated rings. The van der Waals surface area contributed by atoms with Gasteiger partial charge in [-0.3, -0.25) is 0 Å². The van der Waals surface area contributed by atoms with Gasteiger partial charge >= 0.3 is 67.3 Å². The first-order valence-electron chi connectivity index (χ1n) is 3.09. The molecule has 0 saturated carbocycles. The molecule has 0 rings (SSSR count). The molecule has 53 valence electrons. The maximum absolute atomic E-state index is 8.74. The molecule has 1 unspecified atom stereocenters. The van der Waals surface area contributed by atoms with Gasteiger partial charge in [0, 0.05) is 0 Å². The summed E-state index contributed by atoms with van der Waals surface area (Å²) in [6.45, 7) is 2.42. The molecule has 9 heavy (non-hydrogen) atoms. The monoisotopic (exact) mass is 165 g/mol. The van der Waals surface area contributed by atoms with Crippen LogP contribution in [0.25, 0.3) is 0 Å². The van der Waals surface area contributed by atoms with Crippen molar-refractivity contribution in [3.63, 3.8) is 0 Å². The molecule has 0 aromatic rings. The van der Waals surface area contributed by atoms with Gasteiger partial charge in [0.1, 0.15) is 0 Å². The Hall–Kier alpha value is 0.634. The molecule has 0 aromatic heterocycles. The van der Waals surface area contributed by atoms with Crippen LogP contribution in [0.2, 0.25) is 3.72 Å². The summed E-state index contributed by atoms with van der Waals surface area (Å²) in [4.78, 5) is 0. The molecule has 0 saturated heterocycles. The van der Waals surface area contributed by atoms with E-state index < -0.39 is 0 Å². The van der Waals surface area contributed by atoms with Crippen LogP contribution in [0, 0.1) is 0 Å². The summed E-state index contributed by atoms with van der Waals surface area (Å²) in [6.07, 6.45) is 1.67. The first-order valence-corrected chi connectivity index (χ1v) is 3.87. The van der Waals surface area contributed by atoms with Crippen molar-refractivity contribution in [2.24, 2.45) is 0 Å². The summed E-state index contributed by atoms with van der Waals surface area (Å²) in [7, 11) is 0. The summed E-state index contributed by atoms with van der Waals surface area (Å²) < 4.78 is -0.0112. The van der Waals surface area contributed by atoms with E-state index in [4.69, 9.17) is 10.2 Å². The third-order valence-corrected chi connectivity index (χ3v) is 1.87. The summed E-state index contributed by atoms with van der Waals surface area (Å²) in [6, 6.07) is 0. The van der Waals surface area contributed by atoms with Crippen LogP contribution in [0.3, 0.4) is 0 Å². The number of aliphatic hydroxyl groups excluding tert-OH is 2. The van der Waals surface area contributed by atoms with Crippen LogP contribution in [0.1, 0.15) is 19.8 Å². The van der Waals surface area contributed by atoms with Gasteiger partial charge in [-0.1, -0.05) is 0 Å². The summed E-state index contributed by atoms with van der Waals surface area (Å²) >= 11 is 1.99. The Morgan fingerprint density at radius 1 is 1.44 bits per heavy atom. The van der Waals surface area contributed by atoms with Crippen LogP contribution in [0.4, 0.5) is 0 Å². The molecule has 0 radical (unpaired) electrons. The summed E-state index contributed by atoms with van der Waals surface area (Å²) in [5.41, 5.74) is 0. The van der Waals surface area contributed by atoms with E-state index >= 15 is 0 Å². The van der Waals surface area contributed by atoms with Crippen molar-refractivity contribution in [1.82, 2.24) is 0 Å². The fourth-order valence-electron chi connectivity index (χ4n) is 0.548. The van der Waals surface area contributed by atoms with E-state index in [0.717, 1.165) is 12.8 Å². The van der Waals surface area contributed by atoms with E-state index in [2.05, 4.69) is 0 Å². The molecule has 0 aliphatic rings. The van der Waals surface area contributed by atoms with Crippen molar-refractivity contribution in [2.45, 2.75) is 23.5 Å². The third kappa shape index (κ3) is 5.10. The predicted octanol–water partition coefficient (Wildman–Crippen LogP) is 0.477. The molecular weight excluding hydrogens is 152 g/mol. The SMILES string of the molecule is C[C]([Ti])(CO)CCCO. The van der Waals surface area contributed by atoms with Gasteiger partial charge in [0.15, 0.2) is 0 Å². The molecule has 0 bridgehead atoms. The number of aliphatic hydroxyl groups is 2. The number of hydrogen-bond acceptors (Lipinski definition) is 2. The molecule has 1 atom stereocenters. The van der Waals surface area contributed by atoms with Crippen LogP contribution >= 0.6 is 0 Å². The topological polar surface area (TPSA) is 40.5 Å². The van der Waals surface area contributed by atoms with Gasteiger partial charge in [-0.05, 0) is 0 Å². The Balaban J connectivity index is 3.33. The van der Waals surface area contributed by atoms with E-state index in [0.29, 0.717) is 0 Å². The Morgan fingerprint density at radius 3 is 2.33 bits per heavy atom. The first-order chi connectivity index (χ1) is 4.12. The second-order valence-corrected chi connectivity index (χ2v) is 4.43. The van der Waals surface area contributed by atoms with Crippen LogP contribution in [-0.4, -0.2) is 23.4 Å². The number of hydrogen-bond donors (Lipinski definition) is 2. The Labute approximate surface area is 67.7 Å². The minimum absolute atomic E-state index is 0.0112. The zero-order valence-electron chi connectivity index (χ0n) is 5.72. The van der Waals surface area contributed by atoms with Gasteiger partial charge in [0.2, 0.25) is 0 Å². The standard InChI is InChI=1S/C6H13O2.Ti/c1-6(5-8)3-2-4-7;/h7-8H,2-5H2,1H3;. The van der Waals surface area contributed by atoms with Crippen molar-refractivity contribution in [3.05, 3.63) is 0 Å². The van der Waals surface area contributed by atoms with Gasteiger partial charge in [-0.25, -0.2) is 0 Å². The van der Waals surface area contributed by atoms with Crippen LogP contribution in [-0.2, 0) is 20.4 Å². The van der Waals surface area contributed by atoms with Crippen molar-refractivity contribution < 1.29 is 30.6 Å². The Bertz CT molecular complexity index is 73.5. The average Bonchev–Trinajstić information content (AvgIpc) is 1.84. The number of rotatable bonds is 4. The molecule has 0 spiro atoms. The fraction of sp³-hybridized carbons (Fsp3) is 1.00. The van der Waals surface area contributed by atoms with Gasteiger partial charge in [-0.15, -0.1) is 0 Å². The molecule has 0 aliphatic heterocycles. The van der Waals surface area contributed by atoms with E-state index in [9.17, 15) is 0 Å². The Kier molecular flexibility index (Phi) is 4.76. The Morgan fingerprint density at radius 2 is 2.00 bits per heavy atom. The molecule has 0 amide bonds. The molecule has 0 heterocycles. The molecule has 0 aromatic carbocycles. The maximum atomic E-state index is 8.74. The van der Waals surface area contributed by atoms with Crippen molar-refractivity contribution in [1.29, 1.82) is 0 Å². The van der Waals surface area contributed by atoms with Gasteiger partial charge < -0.3 is 0 Å². The third-order valence-electron chi connectivity index (χ3n) is 1.24. The molecule has 2 N–H and O–H groups in total. The van der Waals surface area contributed by atoms with Crippen LogP contribution in [0.15, 0.2) is 0 Å². The molecule has 0 aliphatic carbocycles. The second-order valence-electron chi connectivity index (χ2n) is 2.55. The van der Waals surface area contributed by atoms with E-state index in [1.54, 1.807) is 0 Å². The summed E-state index contributed by atoms with van der Waals surface area (Å²) in [5.74, 6) is 0. The second kappa shape index (κ2) is 4.45. The first kappa shape index (κ1) is 9.63. The van der Waals surface area contributed by atoms with E-state index in [1.807, 2.05) is 27.4 Å². The van der Waals surface area contributed by atoms with Gasteiger partial charge in [-0.2, -0.15) is 0 Å². The van der Waals surface area contributed by atoms with Crippen LogP contribution < -0.4 is 0 Å². The zero-order valence-corrected chi connectivity index (χ0v) is 7.28. The molecule has 3 heteroatoms. The van der Waals surface area contributed by atoms with Gasteiger partial charge in [0.05, 0.1) is 0 Å².